The van der Waals surface area contributed by atoms with Gasteiger partial charge in [0, 0.05) is 0 Å². The largest absolute Gasteiger partial charge is 0.508 e. The van der Waals surface area contributed by atoms with Gasteiger partial charge in [-0.3, -0.25) is 0 Å². The Labute approximate surface area is 159 Å². The van der Waals surface area contributed by atoms with Crippen molar-refractivity contribution in [2.24, 2.45) is 0 Å². The lowest BCUT2D eigenvalue weighted by Crippen LogP contribution is -2.12. The molecule has 140 valence electrons. The highest BCUT2D eigenvalue weighted by molar-refractivity contribution is 5.95. The Morgan fingerprint density at radius 2 is 1.04 bits per heavy atom. The van der Waals surface area contributed by atoms with Gasteiger partial charge in [0.1, 0.15) is 17.2 Å². The third kappa shape index (κ3) is 4.53. The maximum atomic E-state index is 11.8. The number of aromatic carboxylic acids is 1. The topological polar surface area (TPSA) is 110 Å². The zero-order chi connectivity index (χ0) is 20.1. The number of phenols is 1. The van der Waals surface area contributed by atoms with Gasteiger partial charge in [0.15, 0.2) is 0 Å². The van der Waals surface area contributed by atoms with Gasteiger partial charge in [-0.2, -0.15) is 0 Å². The van der Waals surface area contributed by atoms with E-state index < -0.39 is 17.9 Å². The number of phenolic OH excluding ortho intramolecular Hbond substituents is 1. The number of hydrogen-bond acceptors (Lipinski definition) is 6. The minimum Gasteiger partial charge on any atom is -0.508 e. The summed E-state index contributed by atoms with van der Waals surface area (Å²) in [7, 11) is 0. The molecule has 2 N–H and O–H groups in total. The first-order valence-corrected chi connectivity index (χ1v) is 8.09. The molecule has 4 heterocycles. The summed E-state index contributed by atoms with van der Waals surface area (Å²) in [4.78, 5) is 33.8. The number of esters is 2. The fraction of sp³-hybridized carbons (Fsp3) is 0. The molecule has 0 aromatic heterocycles. The molecule has 7 nitrogen and oxygen atoms in total. The Hall–Kier alpha value is -4.13. The molecule has 7 heteroatoms. The summed E-state index contributed by atoms with van der Waals surface area (Å²) in [6.07, 6.45) is 0. The molecule has 0 atom stereocenters. The second-order valence-electron chi connectivity index (χ2n) is 5.68. The van der Waals surface area contributed by atoms with Crippen molar-refractivity contribution in [2.75, 3.05) is 0 Å². The zero-order valence-electron chi connectivity index (χ0n) is 14.4. The van der Waals surface area contributed by atoms with Gasteiger partial charge in [-0.1, -0.05) is 0 Å². The number of benzene rings is 3. The monoisotopic (exact) mass is 378 g/mol. The van der Waals surface area contributed by atoms with E-state index in [2.05, 4.69) is 0 Å². The molecule has 28 heavy (non-hydrogen) atoms. The fourth-order valence-electron chi connectivity index (χ4n) is 2.25. The Morgan fingerprint density at radius 3 is 1.39 bits per heavy atom. The van der Waals surface area contributed by atoms with Crippen molar-refractivity contribution in [1.29, 1.82) is 0 Å². The standard InChI is InChI=1S/C14H8O4.C7H6O3/c15-13-9-1-2-10(4-3-9)14(16)18-12-7-5-11(17-13)6-8-12;8-6-3-1-5(2-4-6)7(9)10/h1-8H;1-4,8H,(H,9,10). The van der Waals surface area contributed by atoms with E-state index in [9.17, 15) is 14.4 Å². The van der Waals surface area contributed by atoms with E-state index in [0.717, 1.165) is 0 Å². The predicted molar refractivity (Wildman–Crippen MR) is 97.9 cm³/mol. The van der Waals surface area contributed by atoms with Crippen molar-refractivity contribution >= 4 is 17.9 Å². The van der Waals surface area contributed by atoms with E-state index in [0.29, 0.717) is 22.6 Å². The van der Waals surface area contributed by atoms with Crippen molar-refractivity contribution in [3.63, 3.8) is 0 Å². The fourth-order valence-corrected chi connectivity index (χ4v) is 2.25. The molecule has 4 aliphatic heterocycles. The van der Waals surface area contributed by atoms with Gasteiger partial charge in [-0.25, -0.2) is 14.4 Å². The number of aromatic hydroxyl groups is 1. The molecule has 0 fully saturated rings. The summed E-state index contributed by atoms with van der Waals surface area (Å²) in [6.45, 7) is 0. The van der Waals surface area contributed by atoms with Crippen molar-refractivity contribution in [3.05, 3.63) is 89.5 Å². The van der Waals surface area contributed by atoms with Gasteiger partial charge in [0.25, 0.3) is 0 Å². The van der Waals surface area contributed by atoms with Crippen molar-refractivity contribution in [1.82, 2.24) is 0 Å². The number of rotatable bonds is 1. The van der Waals surface area contributed by atoms with E-state index in [4.69, 9.17) is 19.7 Å². The average Bonchev–Trinajstić information content (AvgIpc) is 2.69. The van der Waals surface area contributed by atoms with Gasteiger partial charge in [-0.05, 0) is 72.8 Å². The van der Waals surface area contributed by atoms with Crippen LogP contribution < -0.4 is 9.47 Å². The Morgan fingerprint density at radius 1 is 0.643 bits per heavy atom. The lowest BCUT2D eigenvalue weighted by atomic mass is 10.1. The number of carbonyl (C=O) groups excluding carboxylic acids is 2. The van der Waals surface area contributed by atoms with E-state index in [1.807, 2.05) is 0 Å². The predicted octanol–water partition coefficient (Wildman–Crippen LogP) is 3.53. The Balaban J connectivity index is 0.000000192. The number of carboxylic acid groups (broad SMARTS) is 1. The van der Waals surface area contributed by atoms with Crippen LogP contribution in [0.1, 0.15) is 31.1 Å². The zero-order valence-corrected chi connectivity index (χ0v) is 14.4. The molecule has 0 saturated carbocycles. The first kappa shape index (κ1) is 18.7. The summed E-state index contributed by atoms with van der Waals surface area (Å²) in [5, 5.41) is 17.1. The van der Waals surface area contributed by atoms with Gasteiger partial charge in [0.05, 0.1) is 16.7 Å². The second-order valence-corrected chi connectivity index (χ2v) is 5.68. The lowest BCUT2D eigenvalue weighted by Gasteiger charge is -2.09. The molecule has 0 saturated heterocycles. The molecule has 4 aliphatic rings. The molecule has 7 rings (SSSR count). The van der Waals surface area contributed by atoms with Crippen LogP contribution in [0.2, 0.25) is 0 Å². The molecule has 0 amide bonds. The summed E-state index contributed by atoms with van der Waals surface area (Å²) in [5.41, 5.74) is 0.949. The number of carbonyl (C=O) groups is 3. The number of ether oxygens (including phenoxy) is 2. The minimum atomic E-state index is -0.986. The van der Waals surface area contributed by atoms with Crippen LogP contribution in [0.25, 0.3) is 0 Å². The summed E-state index contributed by atoms with van der Waals surface area (Å²) >= 11 is 0. The summed E-state index contributed by atoms with van der Waals surface area (Å²) < 4.78 is 10.3. The van der Waals surface area contributed by atoms with Crippen LogP contribution in [-0.2, 0) is 0 Å². The molecule has 0 radical (unpaired) electrons. The molecule has 0 aliphatic carbocycles. The Bertz CT molecular complexity index is 948. The first-order valence-electron chi connectivity index (χ1n) is 8.09. The molecule has 0 unspecified atom stereocenters. The van der Waals surface area contributed by atoms with Crippen molar-refractivity contribution < 1.29 is 34.1 Å². The highest BCUT2D eigenvalue weighted by atomic mass is 16.5. The lowest BCUT2D eigenvalue weighted by molar-refractivity contribution is 0.0693. The van der Waals surface area contributed by atoms with Crippen LogP contribution in [0.3, 0.4) is 0 Å². The third-order valence-corrected chi connectivity index (χ3v) is 3.72. The average molecular weight is 378 g/mol. The molecular weight excluding hydrogens is 364 g/mol. The highest BCUT2D eigenvalue weighted by Crippen LogP contribution is 2.21. The molecule has 3 aromatic carbocycles. The summed E-state index contributed by atoms with van der Waals surface area (Å²) in [6, 6.07) is 17.8. The van der Waals surface area contributed by atoms with Crippen LogP contribution >= 0.6 is 0 Å². The van der Waals surface area contributed by atoms with E-state index in [1.54, 1.807) is 24.3 Å². The molecule has 4 bridgehead atoms. The number of hydrogen-bond donors (Lipinski definition) is 2. The molecule has 3 aromatic rings. The quantitative estimate of drug-likeness (QED) is 0.492. The van der Waals surface area contributed by atoms with Crippen LogP contribution in [0.5, 0.6) is 17.2 Å². The number of carboxylic acids is 1. The summed E-state index contributed by atoms with van der Waals surface area (Å²) in [5.74, 6) is -1.01. The maximum absolute atomic E-state index is 11.8. The van der Waals surface area contributed by atoms with E-state index in [-0.39, 0.29) is 11.3 Å². The third-order valence-electron chi connectivity index (χ3n) is 3.72. The maximum Gasteiger partial charge on any atom is 0.343 e. The van der Waals surface area contributed by atoms with E-state index in [1.165, 1.54) is 48.5 Å². The smallest absolute Gasteiger partial charge is 0.343 e. The van der Waals surface area contributed by atoms with E-state index >= 15 is 0 Å². The van der Waals surface area contributed by atoms with Crippen LogP contribution in [0.4, 0.5) is 0 Å². The van der Waals surface area contributed by atoms with Gasteiger partial charge in [-0.15, -0.1) is 0 Å². The van der Waals surface area contributed by atoms with Crippen LogP contribution in [0, 0.1) is 0 Å². The van der Waals surface area contributed by atoms with Gasteiger partial charge in [0.2, 0.25) is 0 Å². The van der Waals surface area contributed by atoms with Crippen molar-refractivity contribution in [3.8, 4) is 17.2 Å². The van der Waals surface area contributed by atoms with Crippen LogP contribution in [-0.4, -0.2) is 28.1 Å². The first-order chi connectivity index (χ1) is 13.4. The molecular formula is C21H14O7. The van der Waals surface area contributed by atoms with Crippen molar-refractivity contribution in [2.45, 2.75) is 0 Å². The van der Waals surface area contributed by atoms with Gasteiger partial charge >= 0.3 is 17.9 Å². The van der Waals surface area contributed by atoms with Gasteiger partial charge < -0.3 is 19.7 Å². The molecule has 0 spiro atoms. The second kappa shape index (κ2) is 8.05. The minimum absolute atomic E-state index is 0.0741. The highest BCUT2D eigenvalue weighted by Gasteiger charge is 2.14. The normalized spacial score (nSPS) is 12.0. The Kier molecular flexibility index (Phi) is 5.36. The van der Waals surface area contributed by atoms with Crippen LogP contribution in [0.15, 0.2) is 72.8 Å². The SMILES string of the molecule is O=C(O)c1ccc(O)cc1.O=C1Oc2ccc(cc2)OC(=O)c2ccc1cc2.